The van der Waals surface area contributed by atoms with E-state index in [-0.39, 0.29) is 11.1 Å². The van der Waals surface area contributed by atoms with E-state index >= 15 is 0 Å². The molecule has 0 fully saturated rings. The zero-order valence-electron chi connectivity index (χ0n) is 6.82. The van der Waals surface area contributed by atoms with Gasteiger partial charge in [-0.15, -0.1) is 0 Å². The van der Waals surface area contributed by atoms with Crippen LogP contribution in [0.1, 0.15) is 6.92 Å². The zero-order valence-corrected chi connectivity index (χ0v) is 8.41. The Balaban J connectivity index is 2.64. The minimum Gasteiger partial charge on any atom is -0.538 e. The predicted octanol–water partition coefficient (Wildman–Crippen LogP) is -0.639. The minimum atomic E-state index is -0.621. The lowest BCUT2D eigenvalue weighted by molar-refractivity contribution is -0.761. The van der Waals surface area contributed by atoms with Gasteiger partial charge in [-0.25, -0.2) is 4.79 Å². The summed E-state index contributed by atoms with van der Waals surface area (Å²) in [7, 11) is 0. The molecule has 13 heavy (non-hydrogen) atoms. The molecule has 0 radical (unpaired) electrons. The molecule has 0 aliphatic rings. The minimum absolute atomic E-state index is 0.0977. The summed E-state index contributed by atoms with van der Waals surface area (Å²) >= 11 is 2.92. The largest absolute Gasteiger partial charge is 0.538 e. The molecule has 0 amide bonds. The number of hydrogen-bond donors (Lipinski definition) is 0. The number of nitrogens with zero attached hydrogens (tertiary/aromatic N) is 2. The van der Waals surface area contributed by atoms with Crippen molar-refractivity contribution in [2.75, 3.05) is 6.61 Å². The van der Waals surface area contributed by atoms with Gasteiger partial charge in [-0.1, -0.05) is 4.68 Å². The Labute approximate surface area is 82.2 Å². The molecule has 0 unspecified atom stereocenters. The molecule has 7 heteroatoms. The van der Waals surface area contributed by atoms with E-state index in [1.54, 1.807) is 6.92 Å². The first kappa shape index (κ1) is 9.97. The number of esters is 1. The summed E-state index contributed by atoms with van der Waals surface area (Å²) in [5.74, 6) is -1.09. The zero-order chi connectivity index (χ0) is 9.84. The fourth-order valence-corrected chi connectivity index (χ4v) is 0.955. The summed E-state index contributed by atoms with van der Waals surface area (Å²) in [4.78, 5) is 10.9. The second-order valence-corrected chi connectivity index (χ2v) is 2.87. The van der Waals surface area contributed by atoms with Crippen LogP contribution in [0, 0.1) is 0 Å². The van der Waals surface area contributed by atoms with Gasteiger partial charge < -0.3 is 14.4 Å². The van der Waals surface area contributed by atoms with Gasteiger partial charge in [0.1, 0.15) is 0 Å². The molecule has 0 aliphatic carbocycles. The Bertz CT molecular complexity index is 312. The molecular formula is C6H7BrN2O4. The van der Waals surface area contributed by atoms with E-state index in [4.69, 9.17) is 0 Å². The molecule has 1 heterocycles. The van der Waals surface area contributed by atoms with Gasteiger partial charge in [-0.2, -0.15) is 0 Å². The number of aromatic nitrogens is 2. The van der Waals surface area contributed by atoms with Crippen molar-refractivity contribution in [3.63, 3.8) is 0 Å². The Morgan fingerprint density at radius 2 is 2.54 bits per heavy atom. The average Bonchev–Trinajstić information content (AvgIpc) is 2.37. The second-order valence-electron chi connectivity index (χ2n) is 2.11. The van der Waals surface area contributed by atoms with E-state index in [9.17, 15) is 9.90 Å². The van der Waals surface area contributed by atoms with Crippen LogP contribution >= 0.6 is 15.9 Å². The van der Waals surface area contributed by atoms with Crippen LogP contribution in [0.25, 0.3) is 0 Å². The Hall–Kier alpha value is -1.11. The van der Waals surface area contributed by atoms with Crippen LogP contribution in [0.3, 0.4) is 0 Å². The highest BCUT2D eigenvalue weighted by atomic mass is 79.9. The average molecular weight is 251 g/mol. The number of carbonyl (C=O) groups is 1. The molecule has 1 aromatic heterocycles. The highest BCUT2D eigenvalue weighted by molar-refractivity contribution is 9.10. The summed E-state index contributed by atoms with van der Waals surface area (Å²) in [6, 6.07) is 0. The first-order valence-corrected chi connectivity index (χ1v) is 4.32. The third-order valence-corrected chi connectivity index (χ3v) is 1.93. The van der Waals surface area contributed by atoms with Crippen LogP contribution in [0.15, 0.2) is 9.13 Å². The first-order valence-electron chi connectivity index (χ1n) is 3.53. The number of hydrogen-bond acceptors (Lipinski definition) is 5. The summed E-state index contributed by atoms with van der Waals surface area (Å²) in [6.45, 7) is 1.85. The summed E-state index contributed by atoms with van der Waals surface area (Å²) in [5, 5.41) is 14.0. The van der Waals surface area contributed by atoms with Crippen LogP contribution < -0.4 is 9.79 Å². The highest BCUT2D eigenvalue weighted by Crippen LogP contribution is 2.13. The van der Waals surface area contributed by atoms with Crippen LogP contribution in [-0.4, -0.2) is 17.8 Å². The molecule has 0 N–H and O–H groups in total. The lowest BCUT2D eigenvalue weighted by Crippen LogP contribution is -2.41. The van der Waals surface area contributed by atoms with Crippen LogP contribution in [0.5, 0.6) is 5.95 Å². The molecule has 0 bridgehead atoms. The van der Waals surface area contributed by atoms with E-state index in [0.29, 0.717) is 6.61 Å². The molecule has 0 saturated carbocycles. The predicted molar refractivity (Wildman–Crippen MR) is 40.5 cm³/mol. The molecule has 0 spiro atoms. The number of ether oxygens (including phenoxy) is 1. The number of carbonyl (C=O) groups excluding carboxylic acids is 1. The molecule has 0 saturated heterocycles. The molecule has 72 valence electrons. The molecule has 0 aromatic carbocycles. The fourth-order valence-electron chi connectivity index (χ4n) is 0.692. The lowest BCUT2D eigenvalue weighted by Gasteiger charge is -1.94. The smallest absolute Gasteiger partial charge is 0.375 e. The van der Waals surface area contributed by atoms with E-state index in [1.807, 2.05) is 0 Å². The summed E-state index contributed by atoms with van der Waals surface area (Å²) < 4.78 is 10.1. The van der Waals surface area contributed by atoms with Crippen molar-refractivity contribution in [3.8, 4) is 5.95 Å². The van der Waals surface area contributed by atoms with E-state index in [1.165, 1.54) is 0 Å². The van der Waals surface area contributed by atoms with Gasteiger partial charge in [-0.3, -0.25) is 0 Å². The summed E-state index contributed by atoms with van der Waals surface area (Å²) in [5.41, 5.74) is 0. The third kappa shape index (κ3) is 2.41. The molecule has 6 nitrogen and oxygen atoms in total. The first-order chi connectivity index (χ1) is 6.15. The Morgan fingerprint density at radius 3 is 3.00 bits per heavy atom. The Morgan fingerprint density at radius 1 is 1.85 bits per heavy atom. The van der Waals surface area contributed by atoms with Crippen molar-refractivity contribution in [2.24, 2.45) is 0 Å². The van der Waals surface area contributed by atoms with Gasteiger partial charge in [0, 0.05) is 15.9 Å². The molecule has 0 atom stereocenters. The van der Waals surface area contributed by atoms with Crippen molar-refractivity contribution < 1.29 is 23.8 Å². The van der Waals surface area contributed by atoms with Crippen molar-refractivity contribution in [1.82, 2.24) is 5.27 Å². The van der Waals surface area contributed by atoms with Crippen molar-refractivity contribution in [1.29, 1.82) is 0 Å². The van der Waals surface area contributed by atoms with E-state index < -0.39 is 11.9 Å². The van der Waals surface area contributed by atoms with Gasteiger partial charge in [0.25, 0.3) is 11.1 Å². The molecule has 0 aliphatic heterocycles. The monoisotopic (exact) mass is 250 g/mol. The normalized spacial score (nSPS) is 10.0. The van der Waals surface area contributed by atoms with Gasteiger partial charge in [0.05, 0.1) is 11.9 Å². The van der Waals surface area contributed by atoms with E-state index in [0.717, 1.165) is 4.68 Å². The maximum Gasteiger partial charge on any atom is 0.375 e. The summed E-state index contributed by atoms with van der Waals surface area (Å²) in [6.07, 6.45) is 0. The van der Waals surface area contributed by atoms with Crippen molar-refractivity contribution in [3.05, 3.63) is 4.60 Å². The maximum atomic E-state index is 10.9. The molecular weight excluding hydrogens is 244 g/mol. The van der Waals surface area contributed by atoms with Gasteiger partial charge in [0.2, 0.25) is 0 Å². The van der Waals surface area contributed by atoms with Crippen LogP contribution in [0.4, 0.5) is 0 Å². The van der Waals surface area contributed by atoms with Crippen molar-refractivity contribution >= 4 is 21.9 Å². The highest BCUT2D eigenvalue weighted by Gasteiger charge is 2.18. The molecule has 1 rings (SSSR count). The molecule has 1 aromatic rings. The lowest BCUT2D eigenvalue weighted by atomic mass is 10.6. The van der Waals surface area contributed by atoms with Gasteiger partial charge in [0.15, 0.2) is 5.95 Å². The van der Waals surface area contributed by atoms with E-state index in [2.05, 4.69) is 30.5 Å². The Kier molecular flexibility index (Phi) is 3.24. The van der Waals surface area contributed by atoms with Crippen molar-refractivity contribution in [2.45, 2.75) is 13.5 Å². The van der Waals surface area contributed by atoms with Gasteiger partial charge in [-0.05, 0) is 6.92 Å². The standard InChI is InChI=1S/C6H7BrN2O4/c1-2-12-4(10)3-9-5(7)6(11)13-8-9/h2-3H2,1H3. The SMILES string of the molecule is CCOC(=O)C[n+]1noc([O-])c1Br. The topological polar surface area (TPSA) is 79.3 Å². The maximum absolute atomic E-state index is 10.9. The van der Waals surface area contributed by atoms with Crippen LogP contribution in [-0.2, 0) is 16.1 Å². The quantitative estimate of drug-likeness (QED) is 0.527. The van der Waals surface area contributed by atoms with Gasteiger partial charge >= 0.3 is 5.97 Å². The number of rotatable bonds is 3. The fraction of sp³-hybridized carbons (Fsp3) is 0.500. The third-order valence-electron chi connectivity index (χ3n) is 1.20. The number of halogens is 1. The second kappa shape index (κ2) is 4.22. The van der Waals surface area contributed by atoms with Crippen LogP contribution in [0.2, 0.25) is 0 Å².